The number of hydrogen-bond acceptors (Lipinski definition) is 6. The van der Waals surface area contributed by atoms with Gasteiger partial charge in [-0.05, 0) is 30.5 Å². The average Bonchev–Trinajstić information content (AvgIpc) is 3.09. The van der Waals surface area contributed by atoms with Crippen molar-refractivity contribution in [3.05, 3.63) is 52.2 Å². The standard InChI is InChI=1S/C16H16N2O4S/c1-2-21-15(19)11-22-13-7-4-3-6-12(13)10-17-18-16(20)14-8-5-9-23-14/h3-10H,2,11H2,1H3,(H,18,20). The van der Waals surface area contributed by atoms with Crippen molar-refractivity contribution < 1.29 is 19.1 Å². The third-order valence-corrected chi connectivity index (χ3v) is 3.55. The lowest BCUT2D eigenvalue weighted by molar-refractivity contribution is -0.145. The summed E-state index contributed by atoms with van der Waals surface area (Å²) in [6.07, 6.45) is 1.46. The van der Waals surface area contributed by atoms with E-state index in [1.54, 1.807) is 43.3 Å². The lowest BCUT2D eigenvalue weighted by Crippen LogP contribution is -2.17. The number of amides is 1. The number of benzene rings is 1. The molecular formula is C16H16N2O4S. The summed E-state index contributed by atoms with van der Waals surface area (Å²) in [5.74, 6) is -0.235. The Morgan fingerprint density at radius 1 is 1.26 bits per heavy atom. The SMILES string of the molecule is CCOC(=O)COc1ccccc1C=NNC(=O)c1cccs1. The number of nitrogens with one attached hydrogen (secondary N) is 1. The fourth-order valence-corrected chi connectivity index (χ4v) is 2.29. The van der Waals surface area contributed by atoms with Gasteiger partial charge in [0.05, 0.1) is 17.7 Å². The van der Waals surface area contributed by atoms with Gasteiger partial charge in [-0.1, -0.05) is 18.2 Å². The Labute approximate surface area is 137 Å². The van der Waals surface area contributed by atoms with Crippen LogP contribution in [0.25, 0.3) is 0 Å². The van der Waals surface area contributed by atoms with Crippen LogP contribution in [-0.2, 0) is 9.53 Å². The molecule has 1 N–H and O–H groups in total. The summed E-state index contributed by atoms with van der Waals surface area (Å²) in [6, 6.07) is 10.6. The smallest absolute Gasteiger partial charge is 0.344 e. The highest BCUT2D eigenvalue weighted by atomic mass is 32.1. The zero-order valence-electron chi connectivity index (χ0n) is 12.5. The van der Waals surface area contributed by atoms with Gasteiger partial charge in [0.15, 0.2) is 6.61 Å². The van der Waals surface area contributed by atoms with Crippen LogP contribution in [-0.4, -0.2) is 31.3 Å². The number of hydrazone groups is 1. The zero-order chi connectivity index (χ0) is 16.5. The molecule has 6 nitrogen and oxygen atoms in total. The monoisotopic (exact) mass is 332 g/mol. The number of carbonyl (C=O) groups is 2. The number of thiophene rings is 1. The third kappa shape index (κ3) is 5.23. The van der Waals surface area contributed by atoms with Crippen LogP contribution in [0.3, 0.4) is 0 Å². The molecule has 0 radical (unpaired) electrons. The first-order valence-corrected chi connectivity index (χ1v) is 7.83. The normalized spacial score (nSPS) is 10.5. The highest BCUT2D eigenvalue weighted by molar-refractivity contribution is 7.12. The Morgan fingerprint density at radius 3 is 2.83 bits per heavy atom. The molecule has 7 heteroatoms. The van der Waals surface area contributed by atoms with Gasteiger partial charge >= 0.3 is 5.97 Å². The summed E-state index contributed by atoms with van der Waals surface area (Å²) in [4.78, 5) is 23.7. The van der Waals surface area contributed by atoms with Crippen LogP contribution in [0.15, 0.2) is 46.9 Å². The van der Waals surface area contributed by atoms with Crippen molar-refractivity contribution in [2.24, 2.45) is 5.10 Å². The molecule has 2 aromatic rings. The molecule has 0 atom stereocenters. The van der Waals surface area contributed by atoms with Gasteiger partial charge in [-0.3, -0.25) is 4.79 Å². The second-order valence-electron chi connectivity index (χ2n) is 4.31. The first kappa shape index (κ1) is 16.7. The number of para-hydroxylation sites is 1. The molecule has 2 rings (SSSR count). The fourth-order valence-electron chi connectivity index (χ4n) is 1.68. The molecule has 120 valence electrons. The quantitative estimate of drug-likeness (QED) is 0.480. The first-order valence-electron chi connectivity index (χ1n) is 6.95. The lowest BCUT2D eigenvalue weighted by Gasteiger charge is -2.08. The van der Waals surface area contributed by atoms with E-state index in [9.17, 15) is 9.59 Å². The van der Waals surface area contributed by atoms with E-state index >= 15 is 0 Å². The minimum Gasteiger partial charge on any atom is -0.481 e. The topological polar surface area (TPSA) is 77.0 Å². The van der Waals surface area contributed by atoms with Crippen molar-refractivity contribution in [1.82, 2.24) is 5.43 Å². The molecule has 0 spiro atoms. The van der Waals surface area contributed by atoms with E-state index in [-0.39, 0.29) is 12.5 Å². The highest BCUT2D eigenvalue weighted by Crippen LogP contribution is 2.15. The summed E-state index contributed by atoms with van der Waals surface area (Å²) in [5, 5.41) is 5.72. The first-order chi connectivity index (χ1) is 11.2. The van der Waals surface area contributed by atoms with Crippen molar-refractivity contribution in [2.45, 2.75) is 6.92 Å². The minimum absolute atomic E-state index is 0.180. The number of nitrogens with zero attached hydrogens (tertiary/aromatic N) is 1. The molecule has 1 amide bonds. The van der Waals surface area contributed by atoms with Crippen LogP contribution in [0, 0.1) is 0 Å². The van der Waals surface area contributed by atoms with Gasteiger partial charge in [-0.25, -0.2) is 10.2 Å². The molecule has 0 aliphatic heterocycles. The van der Waals surface area contributed by atoms with Crippen molar-refractivity contribution in [3.63, 3.8) is 0 Å². The zero-order valence-corrected chi connectivity index (χ0v) is 13.3. The van der Waals surface area contributed by atoms with Gasteiger partial charge in [0.25, 0.3) is 5.91 Å². The summed E-state index contributed by atoms with van der Waals surface area (Å²) in [7, 11) is 0. The molecule has 0 fully saturated rings. The van der Waals surface area contributed by atoms with Crippen LogP contribution in [0.1, 0.15) is 22.2 Å². The van der Waals surface area contributed by atoms with Gasteiger partial charge in [0, 0.05) is 5.56 Å². The third-order valence-electron chi connectivity index (χ3n) is 2.68. The van der Waals surface area contributed by atoms with Crippen LogP contribution in [0.5, 0.6) is 5.75 Å². The minimum atomic E-state index is -0.440. The Balaban J connectivity index is 1.95. The Hall–Kier alpha value is -2.67. The Kier molecular flexibility index (Phi) is 6.31. The predicted molar refractivity (Wildman–Crippen MR) is 87.9 cm³/mol. The van der Waals surface area contributed by atoms with Gasteiger partial charge < -0.3 is 9.47 Å². The molecule has 1 aromatic carbocycles. The lowest BCUT2D eigenvalue weighted by atomic mass is 10.2. The van der Waals surface area contributed by atoms with Crippen LogP contribution < -0.4 is 10.2 Å². The molecule has 0 saturated carbocycles. The second-order valence-corrected chi connectivity index (χ2v) is 5.26. The summed E-state index contributed by atoms with van der Waals surface area (Å²) in [6.45, 7) is 1.86. The number of carbonyl (C=O) groups excluding carboxylic acids is 2. The Bertz CT molecular complexity index is 683. The highest BCUT2D eigenvalue weighted by Gasteiger charge is 2.07. The number of esters is 1. The Morgan fingerprint density at radius 2 is 2.09 bits per heavy atom. The van der Waals surface area contributed by atoms with Crippen molar-refractivity contribution in [3.8, 4) is 5.75 Å². The van der Waals surface area contributed by atoms with Crippen molar-refractivity contribution in [2.75, 3.05) is 13.2 Å². The molecular weight excluding hydrogens is 316 g/mol. The summed E-state index contributed by atoms with van der Waals surface area (Å²) < 4.78 is 10.2. The van der Waals surface area contributed by atoms with Crippen LogP contribution in [0.4, 0.5) is 0 Å². The molecule has 0 aliphatic rings. The largest absolute Gasteiger partial charge is 0.481 e. The van der Waals surface area contributed by atoms with E-state index in [4.69, 9.17) is 9.47 Å². The summed E-state index contributed by atoms with van der Waals surface area (Å²) in [5.41, 5.74) is 3.08. The molecule has 1 heterocycles. The summed E-state index contributed by atoms with van der Waals surface area (Å²) >= 11 is 1.33. The van der Waals surface area contributed by atoms with Crippen LogP contribution >= 0.6 is 11.3 Å². The van der Waals surface area contributed by atoms with E-state index in [0.29, 0.717) is 22.8 Å². The predicted octanol–water partition coefficient (Wildman–Crippen LogP) is 2.45. The molecule has 23 heavy (non-hydrogen) atoms. The van der Waals surface area contributed by atoms with Crippen molar-refractivity contribution >= 4 is 29.4 Å². The molecule has 0 aliphatic carbocycles. The van der Waals surface area contributed by atoms with Crippen molar-refractivity contribution in [1.29, 1.82) is 0 Å². The van der Waals surface area contributed by atoms with E-state index in [1.807, 2.05) is 5.38 Å². The van der Waals surface area contributed by atoms with Gasteiger partial charge in [0.2, 0.25) is 0 Å². The van der Waals surface area contributed by atoms with E-state index in [1.165, 1.54) is 17.6 Å². The number of hydrogen-bond donors (Lipinski definition) is 1. The molecule has 0 bridgehead atoms. The van der Waals surface area contributed by atoms with Gasteiger partial charge in [-0.2, -0.15) is 5.10 Å². The van der Waals surface area contributed by atoms with Crippen LogP contribution in [0.2, 0.25) is 0 Å². The molecule has 0 saturated heterocycles. The number of ether oxygens (including phenoxy) is 2. The second kappa shape index (κ2) is 8.70. The number of rotatable bonds is 7. The van der Waals surface area contributed by atoms with E-state index in [2.05, 4.69) is 10.5 Å². The fraction of sp³-hybridized carbons (Fsp3) is 0.188. The van der Waals surface area contributed by atoms with Gasteiger partial charge in [0.1, 0.15) is 5.75 Å². The maximum absolute atomic E-state index is 11.8. The molecule has 1 aromatic heterocycles. The molecule has 0 unspecified atom stereocenters. The van der Waals surface area contributed by atoms with E-state index < -0.39 is 5.97 Å². The maximum Gasteiger partial charge on any atom is 0.344 e. The maximum atomic E-state index is 11.8. The van der Waals surface area contributed by atoms with E-state index in [0.717, 1.165) is 0 Å². The van der Waals surface area contributed by atoms with Gasteiger partial charge in [-0.15, -0.1) is 11.3 Å². The average molecular weight is 332 g/mol.